The molecule has 0 radical (unpaired) electrons. The molecular formula is C10H14N2O4. The molecule has 0 aliphatic rings. The minimum Gasteiger partial charge on any atom is -0.460 e. The molecule has 0 aromatic carbocycles. The maximum Gasteiger partial charge on any atom is 0.387 e. The SMILES string of the molecule is [C-]#[N+]CC(=O)OCC.[C-]#[N+]CC(=O)OCC. The summed E-state index contributed by atoms with van der Waals surface area (Å²) in [6, 6.07) is 0. The van der Waals surface area contributed by atoms with Crippen molar-refractivity contribution in [1.82, 2.24) is 0 Å². The molecule has 0 aliphatic heterocycles. The van der Waals surface area contributed by atoms with Crippen LogP contribution >= 0.6 is 0 Å². The van der Waals surface area contributed by atoms with E-state index in [1.54, 1.807) is 13.8 Å². The van der Waals surface area contributed by atoms with E-state index in [-0.39, 0.29) is 13.1 Å². The highest BCUT2D eigenvalue weighted by Crippen LogP contribution is 1.77. The topological polar surface area (TPSA) is 61.3 Å². The Morgan fingerprint density at radius 3 is 1.44 bits per heavy atom. The number of esters is 2. The molecule has 16 heavy (non-hydrogen) atoms. The number of carbonyl (C=O) groups is 2. The number of rotatable bonds is 4. The minimum absolute atomic E-state index is 0.159. The van der Waals surface area contributed by atoms with Crippen molar-refractivity contribution in [2.45, 2.75) is 13.8 Å². The van der Waals surface area contributed by atoms with E-state index in [9.17, 15) is 9.59 Å². The normalized spacial score (nSPS) is 7.50. The van der Waals surface area contributed by atoms with Crippen LogP contribution in [-0.2, 0) is 19.1 Å². The van der Waals surface area contributed by atoms with Gasteiger partial charge in [-0.25, -0.2) is 22.7 Å². The van der Waals surface area contributed by atoms with Gasteiger partial charge in [0.1, 0.15) is 0 Å². The van der Waals surface area contributed by atoms with Gasteiger partial charge in [0, 0.05) is 0 Å². The predicted octanol–water partition coefficient (Wildman–Crippen LogP) is 0.938. The lowest BCUT2D eigenvalue weighted by molar-refractivity contribution is -0.141. The Morgan fingerprint density at radius 1 is 0.938 bits per heavy atom. The van der Waals surface area contributed by atoms with Crippen molar-refractivity contribution < 1.29 is 19.1 Å². The third-order valence-corrected chi connectivity index (χ3v) is 1.03. The van der Waals surface area contributed by atoms with Crippen LogP contribution in [0.4, 0.5) is 0 Å². The Bertz CT molecular complexity index is 258. The Kier molecular flexibility index (Phi) is 13.2. The van der Waals surface area contributed by atoms with Gasteiger partial charge in [0.2, 0.25) is 0 Å². The van der Waals surface area contributed by atoms with Gasteiger partial charge in [-0.2, -0.15) is 0 Å². The van der Waals surface area contributed by atoms with E-state index in [1.165, 1.54) is 0 Å². The molecule has 6 heteroatoms. The number of hydrogen-bond donors (Lipinski definition) is 0. The number of hydrogen-bond acceptors (Lipinski definition) is 4. The fourth-order valence-electron chi connectivity index (χ4n) is 0.542. The maximum absolute atomic E-state index is 10.2. The highest BCUT2D eigenvalue weighted by molar-refractivity contribution is 5.73. The zero-order chi connectivity index (χ0) is 12.8. The zero-order valence-electron chi connectivity index (χ0n) is 9.36. The molecular weight excluding hydrogens is 212 g/mol. The lowest BCUT2D eigenvalue weighted by atomic mass is 10.7. The second-order valence-electron chi connectivity index (χ2n) is 2.24. The van der Waals surface area contributed by atoms with Crippen LogP contribution in [0.2, 0.25) is 0 Å². The van der Waals surface area contributed by atoms with Crippen molar-refractivity contribution in [3.63, 3.8) is 0 Å². The summed E-state index contributed by atoms with van der Waals surface area (Å²) in [7, 11) is 0. The molecule has 0 aromatic rings. The first-order valence-corrected chi connectivity index (χ1v) is 4.59. The highest BCUT2D eigenvalue weighted by atomic mass is 16.5. The van der Waals surface area contributed by atoms with Gasteiger partial charge < -0.3 is 19.2 Å². The van der Waals surface area contributed by atoms with Crippen molar-refractivity contribution in [1.29, 1.82) is 0 Å². The summed E-state index contributed by atoms with van der Waals surface area (Å²) in [4.78, 5) is 26.1. The van der Waals surface area contributed by atoms with E-state index in [4.69, 9.17) is 13.1 Å². The average Bonchev–Trinajstić information content (AvgIpc) is 2.20. The number of carbonyl (C=O) groups excluding carboxylic acids is 2. The van der Waals surface area contributed by atoms with Gasteiger partial charge in [-0.15, -0.1) is 0 Å². The minimum atomic E-state index is -0.442. The summed E-state index contributed by atoms with van der Waals surface area (Å²) in [6.45, 7) is 16.3. The second kappa shape index (κ2) is 12.9. The monoisotopic (exact) mass is 226 g/mol. The molecule has 0 rings (SSSR count). The molecule has 6 nitrogen and oxygen atoms in total. The molecule has 0 saturated heterocycles. The molecule has 0 aromatic heterocycles. The molecule has 0 N–H and O–H groups in total. The van der Waals surface area contributed by atoms with Gasteiger partial charge in [-0.1, -0.05) is 0 Å². The summed E-state index contributed by atoms with van der Waals surface area (Å²) in [6.07, 6.45) is 0. The molecule has 0 fully saturated rings. The third-order valence-electron chi connectivity index (χ3n) is 1.03. The van der Waals surface area contributed by atoms with Gasteiger partial charge >= 0.3 is 25.0 Å². The van der Waals surface area contributed by atoms with Crippen molar-refractivity contribution in [2.75, 3.05) is 26.3 Å². The van der Waals surface area contributed by atoms with Crippen LogP contribution in [0, 0.1) is 13.1 Å². The van der Waals surface area contributed by atoms with Crippen LogP contribution in [0.5, 0.6) is 0 Å². The quantitative estimate of drug-likeness (QED) is 0.528. The average molecular weight is 226 g/mol. The Labute approximate surface area is 94.8 Å². The third kappa shape index (κ3) is 14.4. The largest absolute Gasteiger partial charge is 0.460 e. The van der Waals surface area contributed by atoms with E-state index < -0.39 is 11.9 Å². The van der Waals surface area contributed by atoms with Gasteiger partial charge in [0.05, 0.1) is 13.2 Å². The molecule has 0 bridgehead atoms. The molecule has 0 spiro atoms. The number of nitrogens with zero attached hydrogens (tertiary/aromatic N) is 2. The van der Waals surface area contributed by atoms with Gasteiger partial charge in [-0.05, 0) is 13.8 Å². The van der Waals surface area contributed by atoms with Crippen LogP contribution in [0.3, 0.4) is 0 Å². The number of ether oxygens (including phenoxy) is 2. The Morgan fingerprint density at radius 2 is 1.25 bits per heavy atom. The van der Waals surface area contributed by atoms with Crippen molar-refractivity contribution in [2.24, 2.45) is 0 Å². The van der Waals surface area contributed by atoms with Crippen LogP contribution in [0.1, 0.15) is 13.8 Å². The molecule has 0 heterocycles. The van der Waals surface area contributed by atoms with Crippen LogP contribution in [0.15, 0.2) is 0 Å². The first kappa shape index (κ1) is 16.4. The van der Waals surface area contributed by atoms with Gasteiger partial charge in [0.25, 0.3) is 0 Å². The van der Waals surface area contributed by atoms with Crippen LogP contribution < -0.4 is 0 Å². The first-order chi connectivity index (χ1) is 7.62. The summed E-state index contributed by atoms with van der Waals surface area (Å²) in [5, 5.41) is 0. The van der Waals surface area contributed by atoms with E-state index in [2.05, 4.69) is 19.2 Å². The van der Waals surface area contributed by atoms with Crippen LogP contribution in [-0.4, -0.2) is 38.2 Å². The van der Waals surface area contributed by atoms with Crippen LogP contribution in [0.25, 0.3) is 9.69 Å². The summed E-state index contributed by atoms with van der Waals surface area (Å²) >= 11 is 0. The van der Waals surface area contributed by atoms with E-state index >= 15 is 0 Å². The summed E-state index contributed by atoms with van der Waals surface area (Å²) in [5.74, 6) is -0.884. The van der Waals surface area contributed by atoms with Gasteiger partial charge in [0.15, 0.2) is 0 Å². The van der Waals surface area contributed by atoms with Crippen molar-refractivity contribution in [3.05, 3.63) is 22.8 Å². The molecule has 0 amide bonds. The molecule has 0 saturated carbocycles. The van der Waals surface area contributed by atoms with E-state index in [0.717, 1.165) is 0 Å². The summed E-state index contributed by atoms with van der Waals surface area (Å²) in [5.41, 5.74) is 0. The van der Waals surface area contributed by atoms with E-state index in [1.807, 2.05) is 0 Å². The van der Waals surface area contributed by atoms with Crippen molar-refractivity contribution in [3.8, 4) is 0 Å². The Hall–Kier alpha value is -2.08. The molecule has 0 aliphatic carbocycles. The van der Waals surface area contributed by atoms with Gasteiger partial charge in [-0.3, -0.25) is 0 Å². The first-order valence-electron chi connectivity index (χ1n) is 4.59. The molecule has 0 atom stereocenters. The standard InChI is InChI=1S/2C5H7NO2/c2*1-3-8-5(7)4-6-2/h2*3-4H2,1H3. The highest BCUT2D eigenvalue weighted by Gasteiger charge is 2.01. The molecule has 88 valence electrons. The lowest BCUT2D eigenvalue weighted by Crippen LogP contribution is -2.05. The fraction of sp³-hybridized carbons (Fsp3) is 0.600. The smallest absolute Gasteiger partial charge is 0.387 e. The maximum atomic E-state index is 10.2. The second-order valence-corrected chi connectivity index (χ2v) is 2.24. The lowest BCUT2D eigenvalue weighted by Gasteiger charge is -1.90. The molecule has 0 unspecified atom stereocenters. The van der Waals surface area contributed by atoms with Crippen molar-refractivity contribution >= 4 is 11.9 Å². The summed E-state index contributed by atoms with van der Waals surface area (Å²) < 4.78 is 8.86. The zero-order valence-corrected chi connectivity index (χ0v) is 9.36. The fourth-order valence-corrected chi connectivity index (χ4v) is 0.542. The Balaban J connectivity index is 0. The predicted molar refractivity (Wildman–Crippen MR) is 56.2 cm³/mol. The van der Waals surface area contributed by atoms with E-state index in [0.29, 0.717) is 13.2 Å².